The van der Waals surface area contributed by atoms with Gasteiger partial charge >= 0.3 is 6.09 Å². The Hall–Kier alpha value is -1.60. The molecule has 1 aliphatic rings. The van der Waals surface area contributed by atoms with Crippen molar-refractivity contribution in [2.45, 2.75) is 31.9 Å². The zero-order valence-corrected chi connectivity index (χ0v) is 12.7. The van der Waals surface area contributed by atoms with Gasteiger partial charge in [-0.1, -0.05) is 24.3 Å². The maximum atomic E-state index is 11.4. The van der Waals surface area contributed by atoms with E-state index < -0.39 is 16.2 Å². The van der Waals surface area contributed by atoms with Crippen LogP contribution < -0.4 is 0 Å². The van der Waals surface area contributed by atoms with E-state index in [9.17, 15) is 18.3 Å². The highest BCUT2D eigenvalue weighted by Crippen LogP contribution is 2.33. The summed E-state index contributed by atoms with van der Waals surface area (Å²) >= 11 is 0. The van der Waals surface area contributed by atoms with Crippen LogP contribution in [0.1, 0.15) is 36.4 Å². The lowest BCUT2D eigenvalue weighted by atomic mass is 9.92. The molecule has 1 amide bonds. The first-order chi connectivity index (χ1) is 9.88. The predicted molar refractivity (Wildman–Crippen MR) is 77.4 cm³/mol. The summed E-state index contributed by atoms with van der Waals surface area (Å²) in [4.78, 5) is 12.8. The summed E-state index contributed by atoms with van der Waals surface area (Å²) in [5.74, 6) is 0. The van der Waals surface area contributed by atoms with Gasteiger partial charge in [0.2, 0.25) is 0 Å². The van der Waals surface area contributed by atoms with Gasteiger partial charge in [0.15, 0.2) is 0 Å². The molecule has 7 heteroatoms. The van der Waals surface area contributed by atoms with Gasteiger partial charge in [-0.3, -0.25) is 4.18 Å². The van der Waals surface area contributed by atoms with E-state index in [0.717, 1.165) is 31.1 Å². The van der Waals surface area contributed by atoms with Crippen LogP contribution in [0.3, 0.4) is 0 Å². The molecule has 1 fully saturated rings. The van der Waals surface area contributed by atoms with Gasteiger partial charge in [-0.05, 0) is 30.4 Å². The first-order valence-corrected chi connectivity index (χ1v) is 8.62. The van der Waals surface area contributed by atoms with Gasteiger partial charge in [-0.2, -0.15) is 8.42 Å². The molecule has 1 aromatic rings. The molecule has 1 heterocycles. The van der Waals surface area contributed by atoms with Crippen molar-refractivity contribution in [1.29, 1.82) is 0 Å². The second-order valence-electron chi connectivity index (χ2n) is 5.15. The van der Waals surface area contributed by atoms with Crippen molar-refractivity contribution in [3.05, 3.63) is 35.4 Å². The largest absolute Gasteiger partial charge is 0.465 e. The van der Waals surface area contributed by atoms with E-state index in [1.807, 2.05) is 12.1 Å². The molecule has 1 aromatic carbocycles. The average molecular weight is 313 g/mol. The van der Waals surface area contributed by atoms with Crippen LogP contribution in [0.5, 0.6) is 0 Å². The molecule has 21 heavy (non-hydrogen) atoms. The minimum Gasteiger partial charge on any atom is -0.465 e. The van der Waals surface area contributed by atoms with Crippen LogP contribution in [0.25, 0.3) is 0 Å². The fraction of sp³-hybridized carbons (Fsp3) is 0.500. The van der Waals surface area contributed by atoms with E-state index in [1.165, 1.54) is 4.90 Å². The summed E-state index contributed by atoms with van der Waals surface area (Å²) in [6.45, 7) is 0.431. The number of carbonyl (C=O) groups is 1. The van der Waals surface area contributed by atoms with Gasteiger partial charge in [-0.15, -0.1) is 0 Å². The SMILES string of the molecule is CS(=O)(=O)OCc1ccccc1C1CCCCN1C(=O)O. The molecule has 0 saturated carbocycles. The highest BCUT2D eigenvalue weighted by molar-refractivity contribution is 7.85. The minimum atomic E-state index is -3.53. The first-order valence-electron chi connectivity index (χ1n) is 6.80. The van der Waals surface area contributed by atoms with Crippen LogP contribution in [0.2, 0.25) is 0 Å². The van der Waals surface area contributed by atoms with Crippen LogP contribution in [0.15, 0.2) is 24.3 Å². The molecule has 1 aliphatic heterocycles. The standard InChI is InChI=1S/C14H19NO5S/c1-21(18,19)20-10-11-6-2-3-7-12(11)13-8-4-5-9-15(13)14(16)17/h2-3,6-7,13H,4-5,8-10H2,1H3,(H,16,17). The third-order valence-electron chi connectivity index (χ3n) is 3.59. The summed E-state index contributed by atoms with van der Waals surface area (Å²) in [5, 5.41) is 9.32. The van der Waals surface area contributed by atoms with Crippen molar-refractivity contribution >= 4 is 16.2 Å². The monoisotopic (exact) mass is 313 g/mol. The Labute approximate surface area is 124 Å². The molecule has 1 atom stereocenters. The summed E-state index contributed by atoms with van der Waals surface area (Å²) in [7, 11) is -3.53. The van der Waals surface area contributed by atoms with E-state index in [0.29, 0.717) is 12.1 Å². The summed E-state index contributed by atoms with van der Waals surface area (Å²) < 4.78 is 27.1. The molecule has 0 bridgehead atoms. The van der Waals surface area contributed by atoms with E-state index in [-0.39, 0.29) is 12.6 Å². The molecule has 2 rings (SSSR count). The Balaban J connectivity index is 2.27. The van der Waals surface area contributed by atoms with Crippen molar-refractivity contribution < 1.29 is 22.5 Å². The Morgan fingerprint density at radius 1 is 1.38 bits per heavy atom. The fourth-order valence-electron chi connectivity index (χ4n) is 2.65. The smallest absolute Gasteiger partial charge is 0.407 e. The van der Waals surface area contributed by atoms with Crippen LogP contribution in [0.4, 0.5) is 4.79 Å². The number of amides is 1. The van der Waals surface area contributed by atoms with Gasteiger partial charge in [0, 0.05) is 6.54 Å². The maximum Gasteiger partial charge on any atom is 0.407 e. The third-order valence-corrected chi connectivity index (χ3v) is 4.14. The zero-order chi connectivity index (χ0) is 15.5. The van der Waals surface area contributed by atoms with E-state index in [4.69, 9.17) is 4.18 Å². The summed E-state index contributed by atoms with van der Waals surface area (Å²) in [6, 6.07) is 6.99. The van der Waals surface area contributed by atoms with Crippen LogP contribution in [-0.4, -0.2) is 37.3 Å². The molecule has 1 saturated heterocycles. The number of piperidine rings is 1. The Kier molecular flexibility index (Phi) is 4.84. The Morgan fingerprint density at radius 3 is 2.76 bits per heavy atom. The van der Waals surface area contributed by atoms with E-state index >= 15 is 0 Å². The first kappa shape index (κ1) is 15.8. The van der Waals surface area contributed by atoms with Crippen LogP contribution in [0, 0.1) is 0 Å². The molecule has 6 nitrogen and oxygen atoms in total. The maximum absolute atomic E-state index is 11.4. The zero-order valence-electron chi connectivity index (χ0n) is 11.9. The van der Waals surface area contributed by atoms with Crippen molar-refractivity contribution in [2.24, 2.45) is 0 Å². The molecule has 1 N–H and O–H groups in total. The Morgan fingerprint density at radius 2 is 2.10 bits per heavy atom. The second-order valence-corrected chi connectivity index (χ2v) is 6.80. The summed E-state index contributed by atoms with van der Waals surface area (Å²) in [5.41, 5.74) is 1.53. The molecule has 0 aromatic heterocycles. The number of likely N-dealkylation sites (tertiary alicyclic amines) is 1. The quantitative estimate of drug-likeness (QED) is 0.863. The molecule has 0 spiro atoms. The van der Waals surface area contributed by atoms with Crippen molar-refractivity contribution in [3.8, 4) is 0 Å². The number of hydrogen-bond donors (Lipinski definition) is 1. The van der Waals surface area contributed by atoms with Crippen LogP contribution >= 0.6 is 0 Å². The second kappa shape index (κ2) is 6.44. The fourth-order valence-corrected chi connectivity index (χ4v) is 2.99. The van der Waals surface area contributed by atoms with Gasteiger partial charge in [0.05, 0.1) is 18.9 Å². The summed E-state index contributed by atoms with van der Waals surface area (Å²) in [6.07, 6.45) is 2.60. The number of carboxylic acid groups (broad SMARTS) is 1. The number of rotatable bonds is 4. The lowest BCUT2D eigenvalue weighted by molar-refractivity contribution is 0.106. The predicted octanol–water partition coefficient (Wildman–Crippen LogP) is 2.37. The van der Waals surface area contributed by atoms with Crippen molar-refractivity contribution in [3.63, 3.8) is 0 Å². The number of nitrogens with zero attached hydrogens (tertiary/aromatic N) is 1. The Bertz CT molecular complexity index is 614. The minimum absolute atomic E-state index is 0.0705. The topological polar surface area (TPSA) is 83.9 Å². The molecular formula is C14H19NO5S. The molecule has 0 radical (unpaired) electrons. The van der Waals surface area contributed by atoms with Gasteiger partial charge in [0.25, 0.3) is 10.1 Å². The lowest BCUT2D eigenvalue weighted by Gasteiger charge is -2.34. The third kappa shape index (κ3) is 4.18. The van der Waals surface area contributed by atoms with E-state index in [2.05, 4.69) is 0 Å². The highest BCUT2D eigenvalue weighted by atomic mass is 32.2. The number of benzene rings is 1. The van der Waals surface area contributed by atoms with Gasteiger partial charge < -0.3 is 10.0 Å². The molecule has 0 aliphatic carbocycles. The van der Waals surface area contributed by atoms with Crippen molar-refractivity contribution in [2.75, 3.05) is 12.8 Å². The van der Waals surface area contributed by atoms with E-state index in [1.54, 1.807) is 12.1 Å². The van der Waals surface area contributed by atoms with Gasteiger partial charge in [-0.25, -0.2) is 4.79 Å². The molecule has 116 valence electrons. The van der Waals surface area contributed by atoms with Crippen LogP contribution in [-0.2, 0) is 20.9 Å². The normalized spacial score (nSPS) is 19.5. The molecule has 1 unspecified atom stereocenters. The van der Waals surface area contributed by atoms with Gasteiger partial charge in [0.1, 0.15) is 0 Å². The average Bonchev–Trinajstić information content (AvgIpc) is 2.44. The number of hydrogen-bond acceptors (Lipinski definition) is 4. The molecular weight excluding hydrogens is 294 g/mol. The lowest BCUT2D eigenvalue weighted by Crippen LogP contribution is -2.37. The highest BCUT2D eigenvalue weighted by Gasteiger charge is 2.29. The van der Waals surface area contributed by atoms with Crippen molar-refractivity contribution in [1.82, 2.24) is 4.90 Å².